The minimum atomic E-state index is -0.289. The molecule has 2 amide bonds. The SMILES string of the molecule is Cc1ccnc(NC(=O)c2ccc(C(=N)c3c(N)ncnc3NC3CCC(NC(=O)C=CCN(C)C)CC3)cc2)c1. The Bertz CT molecular complexity index is 1410. The molecule has 0 unspecified atom stereocenters. The molecule has 1 fully saturated rings. The first-order valence-electron chi connectivity index (χ1n) is 13.6. The molecule has 0 atom stereocenters. The minimum Gasteiger partial charge on any atom is -0.383 e. The van der Waals surface area contributed by atoms with Crippen molar-refractivity contribution < 1.29 is 9.59 Å². The van der Waals surface area contributed by atoms with Crippen LogP contribution >= 0.6 is 0 Å². The molecule has 0 radical (unpaired) electrons. The predicted molar refractivity (Wildman–Crippen MR) is 161 cm³/mol. The van der Waals surface area contributed by atoms with E-state index >= 15 is 0 Å². The lowest BCUT2D eigenvalue weighted by atomic mass is 9.90. The maximum atomic E-state index is 12.7. The number of hydrogen-bond donors (Lipinski definition) is 5. The number of nitrogens with two attached hydrogens (primary N) is 1. The average molecular weight is 556 g/mol. The third-order valence-electron chi connectivity index (χ3n) is 6.87. The molecule has 1 aliphatic rings. The predicted octanol–water partition coefficient (Wildman–Crippen LogP) is 3.39. The summed E-state index contributed by atoms with van der Waals surface area (Å²) in [7, 11) is 3.91. The minimum absolute atomic E-state index is 0.0714. The first-order valence-corrected chi connectivity index (χ1v) is 13.6. The van der Waals surface area contributed by atoms with E-state index in [4.69, 9.17) is 11.1 Å². The summed E-state index contributed by atoms with van der Waals surface area (Å²) in [6.07, 6.45) is 9.80. The molecule has 0 aliphatic heterocycles. The van der Waals surface area contributed by atoms with E-state index in [1.807, 2.05) is 38.1 Å². The number of benzene rings is 1. The van der Waals surface area contributed by atoms with Gasteiger partial charge in [0.2, 0.25) is 5.91 Å². The van der Waals surface area contributed by atoms with E-state index in [0.717, 1.165) is 31.2 Å². The molecule has 11 nitrogen and oxygen atoms in total. The van der Waals surface area contributed by atoms with Gasteiger partial charge in [0, 0.05) is 42.0 Å². The van der Waals surface area contributed by atoms with Gasteiger partial charge in [0.15, 0.2) is 0 Å². The molecular weight excluding hydrogens is 518 g/mol. The number of nitrogens with zero attached hydrogens (tertiary/aromatic N) is 4. The summed E-state index contributed by atoms with van der Waals surface area (Å²) >= 11 is 0. The number of rotatable bonds is 10. The van der Waals surface area contributed by atoms with Crippen molar-refractivity contribution in [1.82, 2.24) is 25.2 Å². The van der Waals surface area contributed by atoms with Crippen molar-refractivity contribution in [2.75, 3.05) is 37.0 Å². The first-order chi connectivity index (χ1) is 19.7. The van der Waals surface area contributed by atoms with Gasteiger partial charge < -0.3 is 26.6 Å². The smallest absolute Gasteiger partial charge is 0.256 e. The zero-order valence-electron chi connectivity index (χ0n) is 23.6. The maximum absolute atomic E-state index is 12.7. The van der Waals surface area contributed by atoms with Gasteiger partial charge in [-0.2, -0.15) is 0 Å². The van der Waals surface area contributed by atoms with Crippen molar-refractivity contribution in [2.45, 2.75) is 44.7 Å². The zero-order chi connectivity index (χ0) is 29.4. The number of pyridine rings is 1. The number of carbonyl (C=O) groups excluding carboxylic acids is 2. The number of anilines is 3. The lowest BCUT2D eigenvalue weighted by molar-refractivity contribution is -0.117. The number of hydrogen-bond acceptors (Lipinski definition) is 9. The van der Waals surface area contributed by atoms with E-state index in [0.29, 0.717) is 34.9 Å². The Hall–Kier alpha value is -4.64. The average Bonchev–Trinajstić information content (AvgIpc) is 2.94. The van der Waals surface area contributed by atoms with E-state index in [-0.39, 0.29) is 35.4 Å². The molecule has 41 heavy (non-hydrogen) atoms. The molecule has 6 N–H and O–H groups in total. The Morgan fingerprint density at radius 3 is 2.39 bits per heavy atom. The van der Waals surface area contributed by atoms with Gasteiger partial charge in [-0.1, -0.05) is 18.2 Å². The number of carbonyl (C=O) groups is 2. The van der Waals surface area contributed by atoms with E-state index in [2.05, 4.69) is 30.9 Å². The molecule has 2 aromatic heterocycles. The van der Waals surface area contributed by atoms with Crippen molar-refractivity contribution in [1.29, 1.82) is 5.41 Å². The molecule has 1 aliphatic carbocycles. The van der Waals surface area contributed by atoms with E-state index in [1.165, 1.54) is 6.33 Å². The van der Waals surface area contributed by atoms with E-state index in [9.17, 15) is 9.59 Å². The fourth-order valence-corrected chi connectivity index (χ4v) is 4.68. The second kappa shape index (κ2) is 13.6. The number of nitrogens with one attached hydrogen (secondary N) is 4. The van der Waals surface area contributed by atoms with Crippen LogP contribution in [-0.2, 0) is 4.79 Å². The van der Waals surface area contributed by atoms with Crippen molar-refractivity contribution >= 4 is 35.0 Å². The van der Waals surface area contributed by atoms with Crippen LogP contribution in [0.3, 0.4) is 0 Å². The number of amides is 2. The maximum Gasteiger partial charge on any atom is 0.256 e. The lowest BCUT2D eigenvalue weighted by Crippen LogP contribution is -2.39. The molecule has 4 rings (SSSR count). The quantitative estimate of drug-likeness (QED) is 0.188. The highest BCUT2D eigenvalue weighted by molar-refractivity contribution is 6.16. The Morgan fingerprint density at radius 2 is 1.71 bits per heavy atom. The third-order valence-corrected chi connectivity index (χ3v) is 6.87. The van der Waals surface area contributed by atoms with Crippen LogP contribution in [0.5, 0.6) is 0 Å². The van der Waals surface area contributed by atoms with Gasteiger partial charge in [-0.05, 0) is 76.5 Å². The number of likely N-dealkylation sites (N-methyl/N-ethyl adjacent to an activating group) is 1. The highest BCUT2D eigenvalue weighted by Gasteiger charge is 2.24. The number of aryl methyl sites for hydroxylation is 1. The lowest BCUT2D eigenvalue weighted by Gasteiger charge is -2.30. The van der Waals surface area contributed by atoms with Gasteiger partial charge in [-0.25, -0.2) is 15.0 Å². The molecule has 2 heterocycles. The Labute approximate surface area is 240 Å². The summed E-state index contributed by atoms with van der Waals surface area (Å²) in [5, 5.41) is 18.2. The van der Waals surface area contributed by atoms with Gasteiger partial charge >= 0.3 is 0 Å². The molecule has 0 spiro atoms. The summed E-state index contributed by atoms with van der Waals surface area (Å²) in [6.45, 7) is 2.65. The van der Waals surface area contributed by atoms with Crippen molar-refractivity contribution in [3.63, 3.8) is 0 Å². The van der Waals surface area contributed by atoms with Crippen LogP contribution < -0.4 is 21.7 Å². The van der Waals surface area contributed by atoms with Crippen LogP contribution in [0.25, 0.3) is 0 Å². The molecular formula is C30H37N9O2. The molecule has 11 heteroatoms. The summed E-state index contributed by atoms with van der Waals surface area (Å²) < 4.78 is 0. The largest absolute Gasteiger partial charge is 0.383 e. The van der Waals surface area contributed by atoms with Crippen LogP contribution in [0.1, 0.15) is 52.7 Å². The van der Waals surface area contributed by atoms with Crippen LogP contribution in [0, 0.1) is 12.3 Å². The van der Waals surface area contributed by atoms with Crippen molar-refractivity contribution in [3.05, 3.63) is 83.3 Å². The second-order valence-electron chi connectivity index (χ2n) is 10.5. The normalized spacial score (nSPS) is 16.9. The molecule has 0 bridgehead atoms. The molecule has 0 saturated heterocycles. The summed E-state index contributed by atoms with van der Waals surface area (Å²) in [5.41, 5.74) is 8.80. The van der Waals surface area contributed by atoms with Gasteiger partial charge in [0.05, 0.1) is 11.3 Å². The molecule has 214 valence electrons. The molecule has 1 aromatic carbocycles. The summed E-state index contributed by atoms with van der Waals surface area (Å²) in [4.78, 5) is 39.6. The van der Waals surface area contributed by atoms with Gasteiger partial charge in [0.1, 0.15) is 23.8 Å². The summed E-state index contributed by atoms with van der Waals surface area (Å²) in [5.74, 6) is 0.810. The van der Waals surface area contributed by atoms with Gasteiger partial charge in [-0.3, -0.25) is 15.0 Å². The van der Waals surface area contributed by atoms with Crippen LogP contribution in [-0.4, -0.2) is 70.1 Å². The Balaban J connectivity index is 1.37. The second-order valence-corrected chi connectivity index (χ2v) is 10.5. The monoisotopic (exact) mass is 555 g/mol. The van der Waals surface area contributed by atoms with Gasteiger partial charge in [0.25, 0.3) is 5.91 Å². The van der Waals surface area contributed by atoms with E-state index < -0.39 is 0 Å². The highest BCUT2D eigenvalue weighted by atomic mass is 16.2. The number of aromatic nitrogens is 3. The highest BCUT2D eigenvalue weighted by Crippen LogP contribution is 2.27. The first kappa shape index (κ1) is 29.3. The van der Waals surface area contributed by atoms with E-state index in [1.54, 1.807) is 42.6 Å². The fraction of sp³-hybridized carbons (Fsp3) is 0.333. The standard InChI is InChI=1S/C30H37N9O2/c1-19-14-15-33-24(17-19)38-30(41)21-8-6-20(7-9-21)27(31)26-28(32)34-18-35-29(26)37-23-12-10-22(11-13-23)36-25(40)5-4-16-39(2)3/h4-9,14-15,17-18,22-23,31H,10-13,16H2,1-3H3,(H,36,40)(H,33,38,41)(H3,32,34,35,37). The zero-order valence-corrected chi connectivity index (χ0v) is 23.6. The van der Waals surface area contributed by atoms with Crippen molar-refractivity contribution in [2.24, 2.45) is 0 Å². The van der Waals surface area contributed by atoms with Crippen LogP contribution in [0.2, 0.25) is 0 Å². The fourth-order valence-electron chi connectivity index (χ4n) is 4.68. The topological polar surface area (TPSA) is 162 Å². The Kier molecular flexibility index (Phi) is 9.75. The molecule has 1 saturated carbocycles. The molecule has 3 aromatic rings. The van der Waals surface area contributed by atoms with Crippen LogP contribution in [0.15, 0.2) is 61.1 Å². The van der Waals surface area contributed by atoms with Crippen LogP contribution in [0.4, 0.5) is 17.5 Å². The summed E-state index contributed by atoms with van der Waals surface area (Å²) in [6, 6.07) is 10.6. The Morgan fingerprint density at radius 1 is 1.02 bits per heavy atom. The third kappa shape index (κ3) is 8.18. The van der Waals surface area contributed by atoms with Crippen molar-refractivity contribution in [3.8, 4) is 0 Å². The van der Waals surface area contributed by atoms with Gasteiger partial charge in [-0.15, -0.1) is 0 Å². The number of nitrogen functional groups attached to an aromatic ring is 1.